The van der Waals surface area contributed by atoms with Crippen LogP contribution in [0.4, 0.5) is 0 Å². The maximum Gasteiger partial charge on any atom is 0.161 e. The fraction of sp³-hybridized carbons (Fsp3) is 0.0952. The fourth-order valence-corrected chi connectivity index (χ4v) is 7.57. The molecule has 0 unspecified atom stereocenters. The van der Waals surface area contributed by atoms with Crippen LogP contribution >= 0.6 is 0 Å². The van der Waals surface area contributed by atoms with Crippen LogP contribution in [0.3, 0.4) is 0 Å². The molecule has 0 spiro atoms. The first-order valence-corrected chi connectivity index (χ1v) is 16.1. The van der Waals surface area contributed by atoms with Gasteiger partial charge in [0.15, 0.2) is 5.58 Å². The molecule has 0 aliphatic rings. The lowest BCUT2D eigenvalue weighted by atomic mass is 9.85. The topological polar surface area (TPSA) is 48.3 Å². The SMILES string of the molecule is CC(C)(C)c1ccccc1-n1c(-c2cccc3c2oc2c3ccc3nc4c5ccccc5c5ccccc5n4c32)nc2ccccc21. The van der Waals surface area contributed by atoms with E-state index in [0.29, 0.717) is 0 Å². The molecule has 0 bridgehead atoms. The summed E-state index contributed by atoms with van der Waals surface area (Å²) in [5.41, 5.74) is 10.9. The first-order valence-electron chi connectivity index (χ1n) is 16.1. The maximum atomic E-state index is 7.05. The lowest BCUT2D eigenvalue weighted by molar-refractivity contribution is 0.587. The van der Waals surface area contributed by atoms with Gasteiger partial charge in [0.05, 0.1) is 33.3 Å². The Morgan fingerprint density at radius 3 is 2.06 bits per heavy atom. The van der Waals surface area contributed by atoms with Crippen molar-refractivity contribution < 1.29 is 4.42 Å². The van der Waals surface area contributed by atoms with E-state index in [1.807, 2.05) is 0 Å². The van der Waals surface area contributed by atoms with E-state index in [1.54, 1.807) is 0 Å². The van der Waals surface area contributed by atoms with Crippen LogP contribution in [0.25, 0.3) is 88.4 Å². The third kappa shape index (κ3) is 3.59. The Kier molecular flexibility index (Phi) is 5.20. The Balaban J connectivity index is 1.34. The molecular weight excluding hydrogens is 576 g/mol. The predicted molar refractivity (Wildman–Crippen MR) is 194 cm³/mol. The Labute approximate surface area is 270 Å². The molecule has 0 saturated carbocycles. The van der Waals surface area contributed by atoms with E-state index in [-0.39, 0.29) is 5.41 Å². The molecule has 0 aliphatic heterocycles. The van der Waals surface area contributed by atoms with Crippen LogP contribution in [0.15, 0.2) is 132 Å². The molecule has 5 nitrogen and oxygen atoms in total. The monoisotopic (exact) mass is 606 g/mol. The molecule has 0 amide bonds. The van der Waals surface area contributed by atoms with Crippen LogP contribution in [0, 0.1) is 0 Å². The van der Waals surface area contributed by atoms with Crippen molar-refractivity contribution in [2.75, 3.05) is 0 Å². The van der Waals surface area contributed by atoms with Crippen LogP contribution < -0.4 is 0 Å². The number of para-hydroxylation sites is 5. The Bertz CT molecular complexity index is 2900. The Hall–Kier alpha value is -5.94. The highest BCUT2D eigenvalue weighted by molar-refractivity contribution is 6.20. The van der Waals surface area contributed by atoms with Gasteiger partial charge in [0.2, 0.25) is 0 Å². The van der Waals surface area contributed by atoms with Crippen molar-refractivity contribution in [1.29, 1.82) is 0 Å². The van der Waals surface area contributed by atoms with Crippen molar-refractivity contribution in [1.82, 2.24) is 18.9 Å². The summed E-state index contributed by atoms with van der Waals surface area (Å²) >= 11 is 0. The summed E-state index contributed by atoms with van der Waals surface area (Å²) in [6.45, 7) is 6.79. The predicted octanol–water partition coefficient (Wildman–Crippen LogP) is 11.0. The molecule has 0 radical (unpaired) electrons. The molecule has 0 fully saturated rings. The van der Waals surface area contributed by atoms with Crippen LogP contribution in [0.2, 0.25) is 0 Å². The highest BCUT2D eigenvalue weighted by atomic mass is 16.3. The van der Waals surface area contributed by atoms with Gasteiger partial charge in [-0.15, -0.1) is 0 Å². The minimum Gasteiger partial charge on any atom is -0.453 e. The number of imidazole rings is 2. The van der Waals surface area contributed by atoms with Crippen molar-refractivity contribution in [3.05, 3.63) is 133 Å². The van der Waals surface area contributed by atoms with Gasteiger partial charge in [0.1, 0.15) is 22.6 Å². The van der Waals surface area contributed by atoms with Gasteiger partial charge in [-0.1, -0.05) is 106 Å². The number of furan rings is 1. The van der Waals surface area contributed by atoms with Crippen LogP contribution in [-0.2, 0) is 5.41 Å². The van der Waals surface area contributed by atoms with Crippen LogP contribution in [0.1, 0.15) is 26.3 Å². The standard InChI is InChI=1S/C42H30N4O/c1-42(2,3)31-18-7-10-21-35(31)45-36-22-11-8-19-32(36)43-41(45)30-17-12-16-27-28-23-24-33-37(39(28)47-38(27)30)46-34-20-9-6-14-26(34)25-13-4-5-15-29(25)40(46)44-33/h4-24H,1-3H3. The smallest absolute Gasteiger partial charge is 0.161 e. The molecule has 0 atom stereocenters. The molecule has 224 valence electrons. The number of fused-ring (bicyclic) bond motifs is 13. The second kappa shape index (κ2) is 9.30. The minimum atomic E-state index is -0.0633. The van der Waals surface area contributed by atoms with E-state index in [0.717, 1.165) is 77.6 Å². The maximum absolute atomic E-state index is 7.05. The molecule has 47 heavy (non-hydrogen) atoms. The van der Waals surface area contributed by atoms with Gasteiger partial charge in [-0.05, 0) is 58.8 Å². The fourth-order valence-electron chi connectivity index (χ4n) is 7.57. The lowest BCUT2D eigenvalue weighted by Crippen LogP contribution is -2.15. The first kappa shape index (κ1) is 26.3. The third-order valence-corrected chi connectivity index (χ3v) is 9.64. The van der Waals surface area contributed by atoms with E-state index >= 15 is 0 Å². The molecule has 6 aromatic carbocycles. The van der Waals surface area contributed by atoms with Gasteiger partial charge in [-0.2, -0.15) is 0 Å². The summed E-state index contributed by atoms with van der Waals surface area (Å²) in [5, 5.41) is 5.63. The van der Waals surface area contributed by atoms with Gasteiger partial charge in [0.25, 0.3) is 0 Å². The van der Waals surface area contributed by atoms with Gasteiger partial charge in [0, 0.05) is 21.5 Å². The van der Waals surface area contributed by atoms with Crippen molar-refractivity contribution in [3.8, 4) is 17.1 Å². The highest BCUT2D eigenvalue weighted by Crippen LogP contribution is 2.42. The molecule has 10 rings (SSSR count). The molecule has 5 heteroatoms. The minimum absolute atomic E-state index is 0.0633. The average Bonchev–Trinajstić information content (AvgIpc) is 3.79. The zero-order chi connectivity index (χ0) is 31.4. The van der Waals surface area contributed by atoms with Gasteiger partial charge in [-0.3, -0.25) is 8.97 Å². The second-order valence-corrected chi connectivity index (χ2v) is 13.5. The molecule has 4 aromatic heterocycles. The molecule has 4 heterocycles. The van der Waals surface area contributed by atoms with Crippen molar-refractivity contribution in [3.63, 3.8) is 0 Å². The summed E-state index contributed by atoms with van der Waals surface area (Å²) in [5.74, 6) is 0.860. The van der Waals surface area contributed by atoms with Crippen molar-refractivity contribution in [2.24, 2.45) is 0 Å². The number of benzene rings is 6. The van der Waals surface area contributed by atoms with Gasteiger partial charge < -0.3 is 4.42 Å². The van der Waals surface area contributed by atoms with E-state index in [9.17, 15) is 0 Å². The summed E-state index contributed by atoms with van der Waals surface area (Å²) < 4.78 is 11.6. The van der Waals surface area contributed by atoms with E-state index in [4.69, 9.17) is 14.4 Å². The van der Waals surface area contributed by atoms with E-state index < -0.39 is 0 Å². The molecule has 0 saturated heterocycles. The number of pyridine rings is 1. The normalized spacial score (nSPS) is 12.6. The average molecular weight is 607 g/mol. The number of hydrogen-bond donors (Lipinski definition) is 0. The quantitative estimate of drug-likeness (QED) is 0.184. The Morgan fingerprint density at radius 2 is 1.21 bits per heavy atom. The van der Waals surface area contributed by atoms with Crippen LogP contribution in [0.5, 0.6) is 0 Å². The van der Waals surface area contributed by atoms with Gasteiger partial charge in [-0.25, -0.2) is 9.97 Å². The summed E-state index contributed by atoms with van der Waals surface area (Å²) in [6, 6.07) is 44.8. The van der Waals surface area contributed by atoms with Crippen LogP contribution in [-0.4, -0.2) is 18.9 Å². The summed E-state index contributed by atoms with van der Waals surface area (Å²) in [6.07, 6.45) is 0. The number of aromatic nitrogens is 4. The zero-order valence-electron chi connectivity index (χ0n) is 26.3. The zero-order valence-corrected chi connectivity index (χ0v) is 26.3. The van der Waals surface area contributed by atoms with Gasteiger partial charge >= 0.3 is 0 Å². The summed E-state index contributed by atoms with van der Waals surface area (Å²) in [7, 11) is 0. The van der Waals surface area contributed by atoms with E-state index in [2.05, 4.69) is 157 Å². The Morgan fingerprint density at radius 1 is 0.532 bits per heavy atom. The molecule has 0 aliphatic carbocycles. The molecule has 0 N–H and O–H groups in total. The van der Waals surface area contributed by atoms with E-state index in [1.165, 1.54) is 16.3 Å². The summed E-state index contributed by atoms with van der Waals surface area (Å²) in [4.78, 5) is 10.5. The molecule has 10 aromatic rings. The van der Waals surface area contributed by atoms with Crippen molar-refractivity contribution in [2.45, 2.75) is 26.2 Å². The number of rotatable bonds is 2. The first-order chi connectivity index (χ1) is 23.0. The number of hydrogen-bond acceptors (Lipinski definition) is 3. The second-order valence-electron chi connectivity index (χ2n) is 13.5. The van der Waals surface area contributed by atoms with Crippen molar-refractivity contribution >= 4 is 71.3 Å². The third-order valence-electron chi connectivity index (χ3n) is 9.64. The lowest BCUT2D eigenvalue weighted by Gasteiger charge is -2.24. The molecular formula is C42H30N4O. The highest BCUT2D eigenvalue weighted by Gasteiger charge is 2.25. The number of nitrogens with zero attached hydrogens (tertiary/aromatic N) is 4. The largest absolute Gasteiger partial charge is 0.453 e.